The van der Waals surface area contributed by atoms with E-state index in [1.54, 1.807) is 24.4 Å². The van der Waals surface area contributed by atoms with E-state index < -0.39 is 22.6 Å². The van der Waals surface area contributed by atoms with Gasteiger partial charge in [-0.05, 0) is 12.1 Å². The van der Waals surface area contributed by atoms with Crippen molar-refractivity contribution in [2.24, 2.45) is 0 Å². The molecule has 1 aromatic heterocycles. The Kier molecular flexibility index (Phi) is 4.84. The number of ether oxygens (including phenoxy) is 1. The molecule has 2 N–H and O–H groups in total. The van der Waals surface area contributed by atoms with Gasteiger partial charge in [-0.1, -0.05) is 12.1 Å². The number of carbonyl (C=O) groups is 1. The van der Waals surface area contributed by atoms with Gasteiger partial charge in [-0.15, -0.1) is 0 Å². The van der Waals surface area contributed by atoms with E-state index in [0.717, 1.165) is 5.39 Å². The van der Waals surface area contributed by atoms with Crippen molar-refractivity contribution in [3.8, 4) is 0 Å². The Labute approximate surface area is 121 Å². The number of sulfonamides is 1. The fraction of sp³-hybridized carbons (Fsp3) is 0.231. The van der Waals surface area contributed by atoms with Crippen LogP contribution in [0.25, 0.3) is 10.8 Å². The van der Waals surface area contributed by atoms with E-state index in [0.29, 0.717) is 5.39 Å². The van der Waals surface area contributed by atoms with E-state index in [2.05, 4.69) is 9.71 Å². The smallest absolute Gasteiger partial charge is 0.329 e. The minimum absolute atomic E-state index is 0.00289. The second-order valence-electron chi connectivity index (χ2n) is 4.20. The van der Waals surface area contributed by atoms with Crippen molar-refractivity contribution in [2.45, 2.75) is 4.90 Å². The number of hydrogen-bond acceptors (Lipinski definition) is 5. The maximum atomic E-state index is 12.2. The van der Waals surface area contributed by atoms with Gasteiger partial charge in [-0.25, -0.2) is 17.9 Å². The number of pyridine rings is 1. The van der Waals surface area contributed by atoms with Gasteiger partial charge in [0.05, 0.1) is 11.5 Å². The van der Waals surface area contributed by atoms with Crippen LogP contribution in [0.2, 0.25) is 0 Å². The lowest BCUT2D eigenvalue weighted by atomic mass is 10.2. The third kappa shape index (κ3) is 3.97. The minimum atomic E-state index is -3.69. The predicted molar refractivity (Wildman–Crippen MR) is 75.4 cm³/mol. The molecule has 2 aromatic rings. The zero-order chi connectivity index (χ0) is 15.3. The normalized spacial score (nSPS) is 11.6. The number of carboxylic acids is 1. The number of aliphatic carboxylic acids is 1. The number of fused-ring (bicyclic) bond motifs is 1. The summed E-state index contributed by atoms with van der Waals surface area (Å²) < 4.78 is 31.6. The highest BCUT2D eigenvalue weighted by atomic mass is 32.2. The van der Waals surface area contributed by atoms with E-state index in [-0.39, 0.29) is 18.0 Å². The van der Waals surface area contributed by atoms with Crippen molar-refractivity contribution in [1.29, 1.82) is 0 Å². The zero-order valence-corrected chi connectivity index (χ0v) is 11.8. The van der Waals surface area contributed by atoms with Crippen LogP contribution in [0, 0.1) is 0 Å². The number of rotatable bonds is 7. The first-order valence-corrected chi connectivity index (χ1v) is 7.61. The Morgan fingerprint density at radius 1 is 1.33 bits per heavy atom. The Morgan fingerprint density at radius 2 is 2.14 bits per heavy atom. The van der Waals surface area contributed by atoms with Gasteiger partial charge in [0, 0.05) is 29.7 Å². The van der Waals surface area contributed by atoms with Crippen molar-refractivity contribution >= 4 is 26.8 Å². The van der Waals surface area contributed by atoms with Gasteiger partial charge in [0.1, 0.15) is 6.61 Å². The van der Waals surface area contributed by atoms with Crippen LogP contribution in [0.4, 0.5) is 0 Å². The van der Waals surface area contributed by atoms with Crippen LogP contribution in [-0.4, -0.2) is 44.2 Å². The monoisotopic (exact) mass is 310 g/mol. The van der Waals surface area contributed by atoms with E-state index in [9.17, 15) is 13.2 Å². The largest absolute Gasteiger partial charge is 0.480 e. The second kappa shape index (κ2) is 6.61. The molecule has 0 atom stereocenters. The van der Waals surface area contributed by atoms with Crippen LogP contribution in [0.15, 0.2) is 41.6 Å². The molecule has 21 heavy (non-hydrogen) atoms. The molecule has 8 heteroatoms. The lowest BCUT2D eigenvalue weighted by Gasteiger charge is -2.09. The summed E-state index contributed by atoms with van der Waals surface area (Å²) >= 11 is 0. The molecule has 2 rings (SSSR count). The number of nitrogens with one attached hydrogen (secondary N) is 1. The second-order valence-corrected chi connectivity index (χ2v) is 5.93. The summed E-state index contributed by atoms with van der Waals surface area (Å²) in [5.41, 5.74) is 0. The summed E-state index contributed by atoms with van der Waals surface area (Å²) in [6.07, 6.45) is 3.11. The first-order valence-electron chi connectivity index (χ1n) is 6.12. The fourth-order valence-corrected chi connectivity index (χ4v) is 3.05. The molecule has 0 aliphatic heterocycles. The molecule has 1 heterocycles. The molecule has 0 amide bonds. The molecule has 7 nitrogen and oxygen atoms in total. The summed E-state index contributed by atoms with van der Waals surface area (Å²) in [6, 6.07) is 6.55. The number of hydrogen-bond donors (Lipinski definition) is 2. The van der Waals surface area contributed by atoms with Crippen molar-refractivity contribution in [3.63, 3.8) is 0 Å². The van der Waals surface area contributed by atoms with E-state index >= 15 is 0 Å². The molecular formula is C13H14N2O5S. The number of benzene rings is 1. The number of aromatic nitrogens is 1. The first-order chi connectivity index (χ1) is 10.0. The van der Waals surface area contributed by atoms with Gasteiger partial charge in [0.15, 0.2) is 0 Å². The molecule has 0 unspecified atom stereocenters. The van der Waals surface area contributed by atoms with Crippen molar-refractivity contribution < 1.29 is 23.1 Å². The molecule has 112 valence electrons. The standard InChI is InChI=1S/C13H14N2O5S/c16-13(17)9-20-7-6-15-21(18,19)12-3-1-2-10-8-14-5-4-11(10)12/h1-5,8,15H,6-7,9H2,(H,16,17). The fourth-order valence-electron chi connectivity index (χ4n) is 1.81. The summed E-state index contributed by atoms with van der Waals surface area (Å²) in [4.78, 5) is 14.4. The molecule has 0 aliphatic rings. The highest BCUT2D eigenvalue weighted by molar-refractivity contribution is 7.89. The van der Waals surface area contributed by atoms with Gasteiger partial charge in [0.25, 0.3) is 0 Å². The number of nitrogens with zero attached hydrogens (tertiary/aromatic N) is 1. The van der Waals surface area contributed by atoms with Gasteiger partial charge in [-0.3, -0.25) is 4.98 Å². The molecule has 0 fully saturated rings. The molecule has 0 aliphatic carbocycles. The van der Waals surface area contributed by atoms with Gasteiger partial charge >= 0.3 is 5.97 Å². The van der Waals surface area contributed by atoms with Crippen molar-refractivity contribution in [1.82, 2.24) is 9.71 Å². The molecule has 0 bridgehead atoms. The summed E-state index contributed by atoms with van der Waals surface area (Å²) in [5.74, 6) is -1.10. The summed E-state index contributed by atoms with van der Waals surface area (Å²) in [5, 5.41) is 9.70. The summed E-state index contributed by atoms with van der Waals surface area (Å²) in [6.45, 7) is -0.476. The quantitative estimate of drug-likeness (QED) is 0.726. The van der Waals surface area contributed by atoms with Crippen LogP contribution in [0.1, 0.15) is 0 Å². The molecule has 0 saturated carbocycles. The molecule has 0 saturated heterocycles. The highest BCUT2D eigenvalue weighted by Crippen LogP contribution is 2.21. The number of carboxylic acid groups (broad SMARTS) is 1. The first kappa shape index (κ1) is 15.4. The average Bonchev–Trinajstić information content (AvgIpc) is 2.46. The zero-order valence-electron chi connectivity index (χ0n) is 11.0. The van der Waals surface area contributed by atoms with Crippen LogP contribution < -0.4 is 4.72 Å². The van der Waals surface area contributed by atoms with Crippen molar-refractivity contribution in [3.05, 3.63) is 36.7 Å². The summed E-state index contributed by atoms with van der Waals surface area (Å²) in [7, 11) is -3.69. The van der Waals surface area contributed by atoms with Gasteiger partial charge in [-0.2, -0.15) is 0 Å². The highest BCUT2D eigenvalue weighted by Gasteiger charge is 2.16. The van der Waals surface area contributed by atoms with E-state index in [4.69, 9.17) is 9.84 Å². The molecule has 0 radical (unpaired) electrons. The topological polar surface area (TPSA) is 106 Å². The van der Waals surface area contributed by atoms with Gasteiger partial charge < -0.3 is 9.84 Å². The van der Waals surface area contributed by atoms with Crippen molar-refractivity contribution in [2.75, 3.05) is 19.8 Å². The van der Waals surface area contributed by atoms with Crippen LogP contribution >= 0.6 is 0 Å². The average molecular weight is 310 g/mol. The third-order valence-corrected chi connectivity index (χ3v) is 4.21. The lowest BCUT2D eigenvalue weighted by Crippen LogP contribution is -2.28. The minimum Gasteiger partial charge on any atom is -0.480 e. The predicted octanol–water partition coefficient (Wildman–Crippen LogP) is 0.614. The lowest BCUT2D eigenvalue weighted by molar-refractivity contribution is -0.142. The molecular weight excluding hydrogens is 296 g/mol. The Hall–Kier alpha value is -2.03. The molecule has 0 spiro atoms. The Morgan fingerprint density at radius 3 is 2.90 bits per heavy atom. The van der Waals surface area contributed by atoms with Crippen LogP contribution in [-0.2, 0) is 19.6 Å². The van der Waals surface area contributed by atoms with Crippen LogP contribution in [0.3, 0.4) is 0 Å². The van der Waals surface area contributed by atoms with E-state index in [1.807, 2.05) is 0 Å². The van der Waals surface area contributed by atoms with Crippen LogP contribution in [0.5, 0.6) is 0 Å². The Balaban J connectivity index is 2.10. The Bertz CT molecular complexity index is 740. The SMILES string of the molecule is O=C(O)COCCNS(=O)(=O)c1cccc2cnccc12. The maximum Gasteiger partial charge on any atom is 0.329 e. The van der Waals surface area contributed by atoms with Gasteiger partial charge in [0.2, 0.25) is 10.0 Å². The maximum absolute atomic E-state index is 12.2. The third-order valence-electron chi connectivity index (χ3n) is 2.69. The molecule has 1 aromatic carbocycles. The van der Waals surface area contributed by atoms with E-state index in [1.165, 1.54) is 12.3 Å².